The van der Waals surface area contributed by atoms with E-state index in [0.29, 0.717) is 37.6 Å². The molecule has 2 aliphatic rings. The Hall–Kier alpha value is -1.66. The Morgan fingerprint density at radius 2 is 2.26 bits per heavy atom. The molecular formula is C13H15FN2O3. The normalized spacial score (nSPS) is 23.5. The van der Waals surface area contributed by atoms with Crippen LogP contribution in [0.2, 0.25) is 0 Å². The number of hydrogen-bond acceptors (Lipinski definition) is 4. The van der Waals surface area contributed by atoms with Crippen LogP contribution in [0.3, 0.4) is 0 Å². The number of rotatable bonds is 2. The van der Waals surface area contributed by atoms with Crippen molar-refractivity contribution in [1.29, 1.82) is 0 Å². The molecule has 5 nitrogen and oxygen atoms in total. The quantitative estimate of drug-likeness (QED) is 0.880. The molecule has 6 heteroatoms. The fraction of sp³-hybridized carbons (Fsp3) is 0.462. The number of hydrogen-bond donors (Lipinski definition) is 1. The zero-order valence-electron chi connectivity index (χ0n) is 10.4. The van der Waals surface area contributed by atoms with Crippen LogP contribution < -0.4 is 10.2 Å². The van der Waals surface area contributed by atoms with Gasteiger partial charge in [0.25, 0.3) is 0 Å². The second-order valence-electron chi connectivity index (χ2n) is 4.54. The number of nitrogens with one attached hydrogen (secondary N) is 1. The van der Waals surface area contributed by atoms with Crippen molar-refractivity contribution in [1.82, 2.24) is 5.32 Å². The van der Waals surface area contributed by atoms with Crippen molar-refractivity contribution >= 4 is 11.8 Å². The molecule has 2 aliphatic heterocycles. The standard InChI is InChI=1S/C13H15FN2O3/c14-11-7-9(16-4-6-19-13(16)17)1-2-10(11)12-8-15-3-5-18-12/h1-2,7,12,15H,3-6,8H2. The van der Waals surface area contributed by atoms with Crippen LogP contribution in [-0.2, 0) is 9.47 Å². The highest BCUT2D eigenvalue weighted by Gasteiger charge is 2.25. The van der Waals surface area contributed by atoms with Crippen LogP contribution >= 0.6 is 0 Å². The zero-order valence-corrected chi connectivity index (χ0v) is 10.4. The molecule has 1 aromatic carbocycles. The third kappa shape index (κ3) is 2.41. The summed E-state index contributed by atoms with van der Waals surface area (Å²) in [5, 5.41) is 3.16. The molecule has 1 amide bonds. The van der Waals surface area contributed by atoms with E-state index >= 15 is 0 Å². The second-order valence-corrected chi connectivity index (χ2v) is 4.54. The number of anilines is 1. The largest absolute Gasteiger partial charge is 0.447 e. The van der Waals surface area contributed by atoms with Gasteiger partial charge in [-0.2, -0.15) is 0 Å². The molecule has 0 bridgehead atoms. The lowest BCUT2D eigenvalue weighted by atomic mass is 10.1. The van der Waals surface area contributed by atoms with E-state index in [2.05, 4.69) is 5.32 Å². The Balaban J connectivity index is 1.82. The van der Waals surface area contributed by atoms with E-state index in [-0.39, 0.29) is 11.9 Å². The summed E-state index contributed by atoms with van der Waals surface area (Å²) >= 11 is 0. The first-order valence-corrected chi connectivity index (χ1v) is 6.32. The van der Waals surface area contributed by atoms with Gasteiger partial charge >= 0.3 is 6.09 Å². The summed E-state index contributed by atoms with van der Waals surface area (Å²) in [6, 6.07) is 4.76. The highest BCUT2D eigenvalue weighted by molar-refractivity contribution is 5.89. The molecule has 1 atom stereocenters. The fourth-order valence-corrected chi connectivity index (χ4v) is 2.34. The molecule has 0 radical (unpaired) electrons. The monoisotopic (exact) mass is 266 g/mol. The average Bonchev–Trinajstić information content (AvgIpc) is 2.86. The minimum Gasteiger partial charge on any atom is -0.447 e. The van der Waals surface area contributed by atoms with Crippen molar-refractivity contribution in [2.45, 2.75) is 6.10 Å². The molecule has 0 aromatic heterocycles. The summed E-state index contributed by atoms with van der Waals surface area (Å²) in [7, 11) is 0. The molecule has 3 rings (SSSR count). The lowest BCUT2D eigenvalue weighted by molar-refractivity contribution is 0.0255. The van der Waals surface area contributed by atoms with Crippen molar-refractivity contribution in [3.63, 3.8) is 0 Å². The highest BCUT2D eigenvalue weighted by Crippen LogP contribution is 2.27. The summed E-state index contributed by atoms with van der Waals surface area (Å²) in [6.45, 7) is 2.76. The maximum absolute atomic E-state index is 14.1. The van der Waals surface area contributed by atoms with Gasteiger partial charge in [0.15, 0.2) is 0 Å². The maximum atomic E-state index is 14.1. The Bertz CT molecular complexity index is 489. The Labute approximate surface area is 110 Å². The third-order valence-corrected chi connectivity index (χ3v) is 3.33. The van der Waals surface area contributed by atoms with Gasteiger partial charge in [-0.1, -0.05) is 6.07 Å². The van der Waals surface area contributed by atoms with Crippen LogP contribution in [0.4, 0.5) is 14.9 Å². The van der Waals surface area contributed by atoms with Gasteiger partial charge < -0.3 is 14.8 Å². The molecule has 1 N–H and O–H groups in total. The molecule has 1 unspecified atom stereocenters. The van der Waals surface area contributed by atoms with Gasteiger partial charge in [-0.3, -0.25) is 4.90 Å². The van der Waals surface area contributed by atoms with Gasteiger partial charge in [0, 0.05) is 18.7 Å². The van der Waals surface area contributed by atoms with Crippen molar-refractivity contribution < 1.29 is 18.7 Å². The predicted molar refractivity (Wildman–Crippen MR) is 66.7 cm³/mol. The molecule has 2 fully saturated rings. The minimum absolute atomic E-state index is 0.270. The van der Waals surface area contributed by atoms with Crippen LogP contribution in [0.5, 0.6) is 0 Å². The van der Waals surface area contributed by atoms with E-state index in [1.165, 1.54) is 11.0 Å². The van der Waals surface area contributed by atoms with Gasteiger partial charge in [0.05, 0.1) is 24.9 Å². The van der Waals surface area contributed by atoms with E-state index in [1.807, 2.05) is 0 Å². The molecule has 19 heavy (non-hydrogen) atoms. The van der Waals surface area contributed by atoms with Gasteiger partial charge in [-0.15, -0.1) is 0 Å². The van der Waals surface area contributed by atoms with Crippen LogP contribution in [0.15, 0.2) is 18.2 Å². The van der Waals surface area contributed by atoms with Crippen LogP contribution in [0.25, 0.3) is 0 Å². The number of amides is 1. The number of morpholine rings is 1. The number of cyclic esters (lactones) is 1. The Morgan fingerprint density at radius 1 is 1.37 bits per heavy atom. The highest BCUT2D eigenvalue weighted by atomic mass is 19.1. The Morgan fingerprint density at radius 3 is 2.89 bits per heavy atom. The first kappa shape index (κ1) is 12.4. The summed E-state index contributed by atoms with van der Waals surface area (Å²) in [5.41, 5.74) is 1.04. The van der Waals surface area contributed by atoms with Gasteiger partial charge in [0.1, 0.15) is 12.4 Å². The lowest BCUT2D eigenvalue weighted by Gasteiger charge is -2.25. The minimum atomic E-state index is -0.428. The van der Waals surface area contributed by atoms with E-state index in [4.69, 9.17) is 9.47 Å². The average molecular weight is 266 g/mol. The SMILES string of the molecule is O=C1OCCN1c1ccc(C2CNCCO2)c(F)c1. The van der Waals surface area contributed by atoms with Crippen molar-refractivity contribution in [2.24, 2.45) is 0 Å². The molecule has 0 saturated carbocycles. The number of ether oxygens (including phenoxy) is 2. The third-order valence-electron chi connectivity index (χ3n) is 3.33. The molecular weight excluding hydrogens is 251 g/mol. The summed E-state index contributed by atoms with van der Waals surface area (Å²) in [5.74, 6) is -0.356. The molecule has 2 saturated heterocycles. The van der Waals surface area contributed by atoms with Crippen molar-refractivity contribution in [3.8, 4) is 0 Å². The van der Waals surface area contributed by atoms with Gasteiger partial charge in [0.2, 0.25) is 0 Å². The van der Waals surface area contributed by atoms with Gasteiger partial charge in [-0.25, -0.2) is 9.18 Å². The predicted octanol–water partition coefficient (Wildman–Crippen LogP) is 1.44. The molecule has 102 valence electrons. The lowest BCUT2D eigenvalue weighted by Crippen LogP contribution is -2.33. The zero-order chi connectivity index (χ0) is 13.2. The maximum Gasteiger partial charge on any atom is 0.414 e. The van der Waals surface area contributed by atoms with E-state index < -0.39 is 6.09 Å². The molecule has 2 heterocycles. The van der Waals surface area contributed by atoms with E-state index in [1.54, 1.807) is 12.1 Å². The van der Waals surface area contributed by atoms with Crippen LogP contribution in [0, 0.1) is 5.82 Å². The molecule has 0 aliphatic carbocycles. The van der Waals surface area contributed by atoms with Crippen molar-refractivity contribution in [2.75, 3.05) is 37.7 Å². The Kier molecular flexibility index (Phi) is 3.35. The fourth-order valence-electron chi connectivity index (χ4n) is 2.34. The number of nitrogens with zero attached hydrogens (tertiary/aromatic N) is 1. The molecule has 0 spiro atoms. The summed E-state index contributed by atoms with van der Waals surface area (Å²) < 4.78 is 24.5. The number of carbonyl (C=O) groups is 1. The van der Waals surface area contributed by atoms with Crippen molar-refractivity contribution in [3.05, 3.63) is 29.6 Å². The number of carbonyl (C=O) groups excluding carboxylic acids is 1. The van der Waals surface area contributed by atoms with Crippen LogP contribution in [-0.4, -0.2) is 38.9 Å². The first-order chi connectivity index (χ1) is 9.25. The summed E-state index contributed by atoms with van der Waals surface area (Å²) in [4.78, 5) is 12.8. The number of benzene rings is 1. The smallest absolute Gasteiger partial charge is 0.414 e. The first-order valence-electron chi connectivity index (χ1n) is 6.32. The van der Waals surface area contributed by atoms with E-state index in [9.17, 15) is 9.18 Å². The number of halogens is 1. The van der Waals surface area contributed by atoms with E-state index in [0.717, 1.165) is 6.54 Å². The van der Waals surface area contributed by atoms with Crippen LogP contribution in [0.1, 0.15) is 11.7 Å². The second kappa shape index (κ2) is 5.14. The topological polar surface area (TPSA) is 50.8 Å². The van der Waals surface area contributed by atoms with Gasteiger partial charge in [-0.05, 0) is 12.1 Å². The molecule has 1 aromatic rings. The summed E-state index contributed by atoms with van der Waals surface area (Å²) in [6.07, 6.45) is -0.698.